The van der Waals surface area contributed by atoms with Crippen molar-refractivity contribution in [1.82, 2.24) is 0 Å². The summed E-state index contributed by atoms with van der Waals surface area (Å²) in [4.78, 5) is 14.3. The molecule has 3 nitrogen and oxygen atoms in total. The molecule has 1 aromatic carbocycles. The Morgan fingerprint density at radius 1 is 1.53 bits per heavy atom. The van der Waals surface area contributed by atoms with Crippen LogP contribution in [0.1, 0.15) is 38.7 Å². The number of aliphatic carboxylic acids is 1. The van der Waals surface area contributed by atoms with Crippen molar-refractivity contribution in [3.63, 3.8) is 0 Å². The quantitative estimate of drug-likeness (QED) is 0.914. The zero-order chi connectivity index (χ0) is 14.0. The normalized spacial score (nSPS) is 18.5. The van der Waals surface area contributed by atoms with Crippen molar-refractivity contribution < 1.29 is 9.90 Å². The Labute approximate surface area is 119 Å². The van der Waals surface area contributed by atoms with E-state index in [9.17, 15) is 4.79 Å². The first-order chi connectivity index (χ1) is 8.99. The summed E-state index contributed by atoms with van der Waals surface area (Å²) in [5.41, 5.74) is 2.54. The van der Waals surface area contributed by atoms with Crippen molar-refractivity contribution in [2.75, 3.05) is 17.2 Å². The predicted octanol–water partition coefficient (Wildman–Crippen LogP) is 3.59. The Hall–Kier alpha value is -1.16. The Morgan fingerprint density at radius 2 is 2.26 bits per heavy atom. The van der Waals surface area contributed by atoms with E-state index in [0.29, 0.717) is 18.5 Å². The molecule has 1 heterocycles. The van der Waals surface area contributed by atoms with Crippen LogP contribution in [-0.4, -0.2) is 29.4 Å². The monoisotopic (exact) mass is 279 g/mol. The van der Waals surface area contributed by atoms with E-state index in [0.717, 1.165) is 5.75 Å². The number of anilines is 1. The molecule has 0 saturated carbocycles. The lowest BCUT2D eigenvalue weighted by atomic mass is 10.0. The number of hydrogen-bond donors (Lipinski definition) is 1. The first kappa shape index (κ1) is 14.3. The summed E-state index contributed by atoms with van der Waals surface area (Å²) in [6, 6.07) is 6.96. The van der Waals surface area contributed by atoms with Gasteiger partial charge in [0.05, 0.1) is 12.1 Å². The van der Waals surface area contributed by atoms with E-state index in [4.69, 9.17) is 5.11 Å². The summed E-state index contributed by atoms with van der Waals surface area (Å²) < 4.78 is 0. The topological polar surface area (TPSA) is 40.5 Å². The summed E-state index contributed by atoms with van der Waals surface area (Å²) >= 11 is 1.88. The summed E-state index contributed by atoms with van der Waals surface area (Å²) in [5.74, 6) is 0.817. The molecular weight excluding hydrogens is 258 g/mol. The highest BCUT2D eigenvalue weighted by Crippen LogP contribution is 2.39. The Bertz CT molecular complexity index is 473. The molecular formula is C15H21NO2S. The molecule has 0 saturated heterocycles. The third kappa shape index (κ3) is 3.24. The molecule has 104 valence electrons. The fourth-order valence-corrected chi connectivity index (χ4v) is 3.49. The standard InChI is InChI=1S/C15H21NO2S/c1-10(2)12-4-5-13-14(8-12)19-9-11(3)16(13)7-6-15(17)18/h4-5,8,10-11H,6-7,9H2,1-3H3,(H,17,18). The molecule has 0 fully saturated rings. The first-order valence-corrected chi connectivity index (χ1v) is 7.72. The van der Waals surface area contributed by atoms with Gasteiger partial charge in [-0.15, -0.1) is 11.8 Å². The second-order valence-electron chi connectivity index (χ2n) is 5.38. The van der Waals surface area contributed by atoms with Gasteiger partial charge in [0, 0.05) is 23.2 Å². The third-order valence-corrected chi connectivity index (χ3v) is 4.83. The zero-order valence-corrected chi connectivity index (χ0v) is 12.5. The van der Waals surface area contributed by atoms with Gasteiger partial charge in [0.2, 0.25) is 0 Å². The summed E-state index contributed by atoms with van der Waals surface area (Å²) in [5, 5.41) is 8.86. The number of carbonyl (C=O) groups is 1. The molecule has 2 rings (SSSR count). The molecule has 1 atom stereocenters. The van der Waals surface area contributed by atoms with Gasteiger partial charge in [0.15, 0.2) is 0 Å². The summed E-state index contributed by atoms with van der Waals surface area (Å²) in [6.45, 7) is 7.14. The van der Waals surface area contributed by atoms with Crippen LogP contribution in [0.5, 0.6) is 0 Å². The van der Waals surface area contributed by atoms with Crippen molar-refractivity contribution >= 4 is 23.4 Å². The molecule has 0 spiro atoms. The van der Waals surface area contributed by atoms with Crippen LogP contribution < -0.4 is 4.90 Å². The van der Waals surface area contributed by atoms with Crippen LogP contribution >= 0.6 is 11.8 Å². The van der Waals surface area contributed by atoms with Crippen LogP contribution in [0, 0.1) is 0 Å². The van der Waals surface area contributed by atoms with Crippen LogP contribution in [0.4, 0.5) is 5.69 Å². The lowest BCUT2D eigenvalue weighted by Crippen LogP contribution is -2.39. The van der Waals surface area contributed by atoms with Gasteiger partial charge < -0.3 is 10.0 Å². The molecule has 0 aliphatic carbocycles. The number of hydrogen-bond acceptors (Lipinski definition) is 3. The highest BCUT2D eigenvalue weighted by Gasteiger charge is 2.24. The average molecular weight is 279 g/mol. The number of carboxylic acids is 1. The minimum absolute atomic E-state index is 0.195. The zero-order valence-electron chi connectivity index (χ0n) is 11.7. The fraction of sp³-hybridized carbons (Fsp3) is 0.533. The second kappa shape index (κ2) is 5.87. The van der Waals surface area contributed by atoms with E-state index >= 15 is 0 Å². The highest BCUT2D eigenvalue weighted by atomic mass is 32.2. The van der Waals surface area contributed by atoms with Gasteiger partial charge in [-0.25, -0.2) is 0 Å². The molecule has 1 aromatic rings. The van der Waals surface area contributed by atoms with E-state index in [1.165, 1.54) is 16.1 Å². The Kier molecular flexibility index (Phi) is 4.40. The number of fused-ring (bicyclic) bond motifs is 1. The summed E-state index contributed by atoms with van der Waals surface area (Å²) in [7, 11) is 0. The van der Waals surface area contributed by atoms with E-state index < -0.39 is 5.97 Å². The fourth-order valence-electron chi connectivity index (χ4n) is 2.34. The smallest absolute Gasteiger partial charge is 0.305 e. The SMILES string of the molecule is CC(C)c1ccc2c(c1)SCC(C)N2CCC(=O)O. The van der Waals surface area contributed by atoms with E-state index in [-0.39, 0.29) is 6.42 Å². The maximum absolute atomic E-state index is 10.8. The molecule has 1 aliphatic rings. The van der Waals surface area contributed by atoms with E-state index in [1.807, 2.05) is 11.8 Å². The number of thioether (sulfide) groups is 1. The van der Waals surface area contributed by atoms with Gasteiger partial charge in [0.25, 0.3) is 0 Å². The Balaban J connectivity index is 2.26. The molecule has 1 unspecified atom stereocenters. The molecule has 0 bridgehead atoms. The first-order valence-electron chi connectivity index (χ1n) is 6.74. The highest BCUT2D eigenvalue weighted by molar-refractivity contribution is 7.99. The number of rotatable bonds is 4. The molecule has 0 radical (unpaired) electrons. The minimum Gasteiger partial charge on any atom is -0.481 e. The summed E-state index contributed by atoms with van der Waals surface area (Å²) in [6.07, 6.45) is 0.195. The van der Waals surface area contributed by atoms with Crippen LogP contribution in [-0.2, 0) is 4.79 Å². The van der Waals surface area contributed by atoms with Crippen LogP contribution in [0.25, 0.3) is 0 Å². The third-order valence-electron chi connectivity index (χ3n) is 3.54. The Morgan fingerprint density at radius 3 is 2.89 bits per heavy atom. The lowest BCUT2D eigenvalue weighted by Gasteiger charge is -2.36. The van der Waals surface area contributed by atoms with Gasteiger partial charge in [-0.2, -0.15) is 0 Å². The van der Waals surface area contributed by atoms with Crippen molar-refractivity contribution in [1.29, 1.82) is 0 Å². The molecule has 0 aromatic heterocycles. The predicted molar refractivity (Wildman–Crippen MR) is 80.3 cm³/mol. The molecule has 0 amide bonds. The molecule has 1 N–H and O–H groups in total. The average Bonchev–Trinajstić information content (AvgIpc) is 2.36. The van der Waals surface area contributed by atoms with Crippen LogP contribution in [0.2, 0.25) is 0 Å². The second-order valence-corrected chi connectivity index (χ2v) is 6.44. The van der Waals surface area contributed by atoms with Gasteiger partial charge in [0.1, 0.15) is 0 Å². The number of benzene rings is 1. The molecule has 19 heavy (non-hydrogen) atoms. The molecule has 4 heteroatoms. The van der Waals surface area contributed by atoms with Gasteiger partial charge in [-0.05, 0) is 30.5 Å². The van der Waals surface area contributed by atoms with E-state index in [2.05, 4.69) is 43.9 Å². The largest absolute Gasteiger partial charge is 0.481 e. The van der Waals surface area contributed by atoms with E-state index in [1.54, 1.807) is 0 Å². The van der Waals surface area contributed by atoms with Crippen LogP contribution in [0.3, 0.4) is 0 Å². The van der Waals surface area contributed by atoms with Gasteiger partial charge >= 0.3 is 5.97 Å². The van der Waals surface area contributed by atoms with Crippen molar-refractivity contribution in [3.8, 4) is 0 Å². The lowest BCUT2D eigenvalue weighted by molar-refractivity contribution is -0.136. The maximum atomic E-state index is 10.8. The van der Waals surface area contributed by atoms with Crippen LogP contribution in [0.15, 0.2) is 23.1 Å². The number of nitrogens with zero attached hydrogens (tertiary/aromatic N) is 1. The maximum Gasteiger partial charge on any atom is 0.305 e. The molecule has 1 aliphatic heterocycles. The number of carboxylic acid groups (broad SMARTS) is 1. The van der Waals surface area contributed by atoms with Crippen molar-refractivity contribution in [2.45, 2.75) is 44.0 Å². The minimum atomic E-state index is -0.731. The van der Waals surface area contributed by atoms with Crippen molar-refractivity contribution in [3.05, 3.63) is 23.8 Å². The van der Waals surface area contributed by atoms with Gasteiger partial charge in [-0.3, -0.25) is 4.79 Å². The van der Waals surface area contributed by atoms with Gasteiger partial charge in [-0.1, -0.05) is 19.9 Å². The van der Waals surface area contributed by atoms with Crippen molar-refractivity contribution in [2.24, 2.45) is 0 Å².